The number of hydrogen-bond donors (Lipinski definition) is 2. The second-order valence-electron chi connectivity index (χ2n) is 5.33. The van der Waals surface area contributed by atoms with Crippen molar-refractivity contribution in [3.63, 3.8) is 0 Å². The van der Waals surface area contributed by atoms with Gasteiger partial charge < -0.3 is 14.9 Å². The number of methoxy groups -OCH3 is 1. The van der Waals surface area contributed by atoms with Crippen molar-refractivity contribution in [2.45, 2.75) is 69.7 Å². The molecule has 0 aromatic heterocycles. The van der Waals surface area contributed by atoms with Crippen molar-refractivity contribution >= 4 is 0 Å². The Hall–Kier alpha value is -0.120. The van der Waals surface area contributed by atoms with Crippen molar-refractivity contribution in [1.29, 1.82) is 0 Å². The molecule has 3 nitrogen and oxygen atoms in total. The van der Waals surface area contributed by atoms with E-state index in [1.54, 1.807) is 7.11 Å². The smallest absolute Gasteiger partial charge is 0.0905 e. The molecule has 0 aliphatic heterocycles. The third-order valence-corrected chi connectivity index (χ3v) is 3.66. The van der Waals surface area contributed by atoms with Crippen LogP contribution in [-0.2, 0) is 4.74 Å². The number of hydrogen-bond acceptors (Lipinski definition) is 3. The Bertz CT molecular complexity index is 195. The molecule has 90 valence electrons. The molecule has 0 amide bonds. The minimum Gasteiger partial charge on any atom is -0.390 e. The first kappa shape index (κ1) is 12.9. The minimum absolute atomic E-state index is 0.212. The molecule has 0 bridgehead atoms. The zero-order valence-electron chi connectivity index (χ0n) is 10.1. The van der Waals surface area contributed by atoms with E-state index >= 15 is 0 Å². The van der Waals surface area contributed by atoms with Gasteiger partial charge in [-0.2, -0.15) is 0 Å². The lowest BCUT2D eigenvalue weighted by molar-refractivity contribution is -0.0840. The summed E-state index contributed by atoms with van der Waals surface area (Å²) in [4.78, 5) is 0. The Morgan fingerprint density at radius 2 is 1.87 bits per heavy atom. The van der Waals surface area contributed by atoms with Crippen LogP contribution in [0.1, 0.15) is 52.4 Å². The first-order valence-electron chi connectivity index (χ1n) is 5.85. The standard InChI is InChI=1S/C12H24O3/c1-11(2,15-3)9-6-10(13)12(14)7-4-5-8-12/h10,13-14H,4-9H2,1-3H3. The average Bonchev–Trinajstić information content (AvgIpc) is 2.63. The maximum atomic E-state index is 10.1. The van der Waals surface area contributed by atoms with Crippen molar-refractivity contribution in [1.82, 2.24) is 0 Å². The van der Waals surface area contributed by atoms with Crippen LogP contribution in [0.4, 0.5) is 0 Å². The van der Waals surface area contributed by atoms with Gasteiger partial charge in [-0.05, 0) is 39.5 Å². The lowest BCUT2D eigenvalue weighted by Crippen LogP contribution is -2.40. The van der Waals surface area contributed by atoms with E-state index in [4.69, 9.17) is 4.74 Å². The van der Waals surface area contributed by atoms with Crippen molar-refractivity contribution in [3.05, 3.63) is 0 Å². The van der Waals surface area contributed by atoms with Crippen LogP contribution in [-0.4, -0.2) is 34.6 Å². The van der Waals surface area contributed by atoms with Crippen LogP contribution in [0.25, 0.3) is 0 Å². The molecular weight excluding hydrogens is 192 g/mol. The predicted molar refractivity (Wildman–Crippen MR) is 59.7 cm³/mol. The zero-order valence-corrected chi connectivity index (χ0v) is 10.1. The topological polar surface area (TPSA) is 49.7 Å². The summed E-state index contributed by atoms with van der Waals surface area (Å²) in [5.41, 5.74) is -1.04. The molecule has 1 fully saturated rings. The highest BCUT2D eigenvalue weighted by Gasteiger charge is 2.38. The van der Waals surface area contributed by atoms with Crippen molar-refractivity contribution in [3.8, 4) is 0 Å². The van der Waals surface area contributed by atoms with E-state index in [0.717, 1.165) is 32.1 Å². The quantitative estimate of drug-likeness (QED) is 0.737. The van der Waals surface area contributed by atoms with Crippen molar-refractivity contribution < 1.29 is 14.9 Å². The summed E-state index contributed by atoms with van der Waals surface area (Å²) in [5.74, 6) is 0. The van der Waals surface area contributed by atoms with E-state index in [1.807, 2.05) is 13.8 Å². The molecule has 0 spiro atoms. The Balaban J connectivity index is 2.38. The van der Waals surface area contributed by atoms with Crippen LogP contribution >= 0.6 is 0 Å². The van der Waals surface area contributed by atoms with Crippen LogP contribution in [0.2, 0.25) is 0 Å². The second-order valence-corrected chi connectivity index (χ2v) is 5.33. The van der Waals surface area contributed by atoms with Gasteiger partial charge in [0, 0.05) is 7.11 Å². The van der Waals surface area contributed by atoms with E-state index in [9.17, 15) is 10.2 Å². The molecule has 0 heterocycles. The van der Waals surface area contributed by atoms with Gasteiger partial charge in [0.1, 0.15) is 0 Å². The monoisotopic (exact) mass is 216 g/mol. The van der Waals surface area contributed by atoms with Gasteiger partial charge in [-0.3, -0.25) is 0 Å². The van der Waals surface area contributed by atoms with E-state index < -0.39 is 11.7 Å². The lowest BCUT2D eigenvalue weighted by atomic mass is 9.88. The Labute approximate surface area is 92.4 Å². The van der Waals surface area contributed by atoms with Gasteiger partial charge in [0.2, 0.25) is 0 Å². The fourth-order valence-corrected chi connectivity index (χ4v) is 2.18. The summed E-state index contributed by atoms with van der Waals surface area (Å²) in [5, 5.41) is 20.1. The molecule has 0 aromatic carbocycles. The first-order chi connectivity index (χ1) is 6.90. The van der Waals surface area contributed by atoms with Gasteiger partial charge in [-0.25, -0.2) is 0 Å². The van der Waals surface area contributed by atoms with Crippen LogP contribution in [0.15, 0.2) is 0 Å². The molecule has 1 aliphatic rings. The van der Waals surface area contributed by atoms with Gasteiger partial charge >= 0.3 is 0 Å². The fraction of sp³-hybridized carbons (Fsp3) is 1.00. The molecule has 0 aromatic rings. The third kappa shape index (κ3) is 3.44. The van der Waals surface area contributed by atoms with Crippen LogP contribution in [0.3, 0.4) is 0 Å². The van der Waals surface area contributed by atoms with E-state index in [0.29, 0.717) is 6.42 Å². The molecule has 0 saturated heterocycles. The second kappa shape index (κ2) is 4.81. The van der Waals surface area contributed by atoms with E-state index in [-0.39, 0.29) is 5.60 Å². The third-order valence-electron chi connectivity index (χ3n) is 3.66. The van der Waals surface area contributed by atoms with Gasteiger partial charge in [0.15, 0.2) is 0 Å². The highest BCUT2D eigenvalue weighted by atomic mass is 16.5. The zero-order chi connectivity index (χ0) is 11.5. The molecule has 1 unspecified atom stereocenters. The first-order valence-corrected chi connectivity index (χ1v) is 5.85. The molecular formula is C12H24O3. The summed E-state index contributed by atoms with van der Waals surface area (Å²) in [6.45, 7) is 4.00. The van der Waals surface area contributed by atoms with Crippen molar-refractivity contribution in [2.75, 3.05) is 7.11 Å². The summed E-state index contributed by atoms with van der Waals surface area (Å²) in [6.07, 6.45) is 4.31. The highest BCUT2D eigenvalue weighted by Crippen LogP contribution is 2.34. The minimum atomic E-state index is -0.830. The molecule has 1 saturated carbocycles. The SMILES string of the molecule is COC(C)(C)CCC(O)C1(O)CCCC1. The molecule has 1 aliphatic carbocycles. The van der Waals surface area contributed by atoms with Crippen LogP contribution in [0, 0.1) is 0 Å². The average molecular weight is 216 g/mol. The summed E-state index contributed by atoms with van der Waals surface area (Å²) >= 11 is 0. The van der Waals surface area contributed by atoms with Crippen molar-refractivity contribution in [2.24, 2.45) is 0 Å². The van der Waals surface area contributed by atoms with Crippen LogP contribution in [0.5, 0.6) is 0 Å². The largest absolute Gasteiger partial charge is 0.390 e. The molecule has 0 radical (unpaired) electrons. The Morgan fingerprint density at radius 1 is 1.33 bits per heavy atom. The lowest BCUT2D eigenvalue weighted by Gasteiger charge is -2.31. The maximum absolute atomic E-state index is 10.1. The van der Waals surface area contributed by atoms with Gasteiger partial charge in [-0.1, -0.05) is 12.8 Å². The summed E-state index contributed by atoms with van der Waals surface area (Å²) in [7, 11) is 1.68. The molecule has 2 N–H and O–H groups in total. The van der Waals surface area contributed by atoms with Gasteiger partial charge in [0.25, 0.3) is 0 Å². The van der Waals surface area contributed by atoms with Gasteiger partial charge in [0.05, 0.1) is 17.3 Å². The predicted octanol–water partition coefficient (Wildman–Crippen LogP) is 1.86. The van der Waals surface area contributed by atoms with Crippen LogP contribution < -0.4 is 0 Å². The number of ether oxygens (including phenoxy) is 1. The maximum Gasteiger partial charge on any atom is 0.0905 e. The number of aliphatic hydroxyl groups is 2. The van der Waals surface area contributed by atoms with E-state index in [2.05, 4.69) is 0 Å². The number of rotatable bonds is 5. The molecule has 3 heteroatoms. The fourth-order valence-electron chi connectivity index (χ4n) is 2.18. The molecule has 1 rings (SSSR count). The van der Waals surface area contributed by atoms with E-state index in [1.165, 1.54) is 0 Å². The summed E-state index contributed by atoms with van der Waals surface area (Å²) in [6, 6.07) is 0. The molecule has 15 heavy (non-hydrogen) atoms. The normalized spacial score (nSPS) is 23.0. The Morgan fingerprint density at radius 3 is 2.33 bits per heavy atom. The summed E-state index contributed by atoms with van der Waals surface area (Å²) < 4.78 is 5.29. The number of aliphatic hydroxyl groups excluding tert-OH is 1. The van der Waals surface area contributed by atoms with Gasteiger partial charge in [-0.15, -0.1) is 0 Å². The molecule has 1 atom stereocenters. The Kier molecular flexibility index (Phi) is 4.15. The highest BCUT2D eigenvalue weighted by molar-refractivity contribution is 4.91.